The minimum Gasteiger partial charge on any atom is -0.278 e. The van der Waals surface area contributed by atoms with Gasteiger partial charge in [-0.1, -0.05) is 23.2 Å². The van der Waals surface area contributed by atoms with Crippen molar-refractivity contribution in [2.24, 2.45) is 0 Å². The first-order valence-electron chi connectivity index (χ1n) is 5.12. The lowest BCUT2D eigenvalue weighted by atomic mass is 10.3. The van der Waals surface area contributed by atoms with Gasteiger partial charge in [0.05, 0.1) is 15.6 Å². The quantitative estimate of drug-likeness (QED) is 0.738. The van der Waals surface area contributed by atoms with Crippen molar-refractivity contribution in [1.29, 1.82) is 0 Å². The van der Waals surface area contributed by atoms with Crippen LogP contribution in [0.4, 0.5) is 5.69 Å². The van der Waals surface area contributed by atoms with Gasteiger partial charge >= 0.3 is 0 Å². The van der Waals surface area contributed by atoms with Crippen LogP contribution in [0.25, 0.3) is 0 Å². The van der Waals surface area contributed by atoms with E-state index in [-0.39, 0.29) is 9.92 Å². The third-order valence-electron chi connectivity index (χ3n) is 2.30. The average Bonchev–Trinajstić information content (AvgIpc) is 2.33. The Morgan fingerprint density at radius 1 is 1.00 bits per heavy atom. The molecule has 7 heteroatoms. The largest absolute Gasteiger partial charge is 0.278 e. The van der Waals surface area contributed by atoms with E-state index in [1.54, 1.807) is 18.2 Å². The summed E-state index contributed by atoms with van der Waals surface area (Å²) in [5.41, 5.74) is 0.296. The summed E-state index contributed by atoms with van der Waals surface area (Å²) in [5.74, 6) is 0. The summed E-state index contributed by atoms with van der Waals surface area (Å²) in [6, 6.07) is 11.1. The standard InChI is InChI=1S/C12H8Cl2INO2S/c13-8-1-6-12(11(14)7-8)16-19(17,18)10-4-2-9(15)3-5-10/h1-7,16H. The SMILES string of the molecule is O=S(=O)(Nc1ccc(Cl)cc1Cl)c1ccc(I)cc1. The fraction of sp³-hybridized carbons (Fsp3) is 0. The highest BCUT2D eigenvalue weighted by atomic mass is 127. The molecular weight excluding hydrogens is 420 g/mol. The second-order valence-electron chi connectivity index (χ2n) is 3.68. The number of hydrogen-bond acceptors (Lipinski definition) is 2. The topological polar surface area (TPSA) is 46.2 Å². The van der Waals surface area contributed by atoms with Gasteiger partial charge in [-0.05, 0) is 65.1 Å². The molecule has 2 aromatic carbocycles. The fourth-order valence-corrected chi connectivity index (χ4v) is 3.34. The van der Waals surface area contributed by atoms with Crippen LogP contribution in [0.3, 0.4) is 0 Å². The molecule has 0 aromatic heterocycles. The molecule has 0 saturated heterocycles. The lowest BCUT2D eigenvalue weighted by Crippen LogP contribution is -2.13. The van der Waals surface area contributed by atoms with Crippen molar-refractivity contribution in [2.75, 3.05) is 4.72 Å². The Kier molecular flexibility index (Phi) is 4.60. The van der Waals surface area contributed by atoms with Crippen molar-refractivity contribution >= 4 is 61.5 Å². The lowest BCUT2D eigenvalue weighted by molar-refractivity contribution is 0.601. The smallest absolute Gasteiger partial charge is 0.261 e. The molecule has 2 rings (SSSR count). The number of benzene rings is 2. The first-order valence-corrected chi connectivity index (χ1v) is 8.44. The Morgan fingerprint density at radius 2 is 1.63 bits per heavy atom. The number of nitrogens with one attached hydrogen (secondary N) is 1. The van der Waals surface area contributed by atoms with Gasteiger partial charge in [-0.25, -0.2) is 8.42 Å². The molecule has 0 amide bonds. The predicted molar refractivity (Wildman–Crippen MR) is 86.4 cm³/mol. The number of rotatable bonds is 3. The Hall–Kier alpha value is -0.500. The monoisotopic (exact) mass is 427 g/mol. The van der Waals surface area contributed by atoms with Gasteiger partial charge in [0.25, 0.3) is 10.0 Å². The maximum atomic E-state index is 12.1. The van der Waals surface area contributed by atoms with E-state index in [1.165, 1.54) is 24.3 Å². The maximum absolute atomic E-state index is 12.1. The zero-order chi connectivity index (χ0) is 14.0. The van der Waals surface area contributed by atoms with Crippen LogP contribution in [0, 0.1) is 3.57 Å². The molecule has 0 aliphatic heterocycles. The molecular formula is C12H8Cl2INO2S. The molecule has 0 bridgehead atoms. The van der Waals surface area contributed by atoms with E-state index in [1.807, 2.05) is 0 Å². The zero-order valence-electron chi connectivity index (χ0n) is 9.40. The van der Waals surface area contributed by atoms with Gasteiger partial charge in [0.2, 0.25) is 0 Å². The Morgan fingerprint density at radius 3 is 2.21 bits per heavy atom. The third kappa shape index (κ3) is 3.75. The van der Waals surface area contributed by atoms with Crippen LogP contribution in [0.2, 0.25) is 10.0 Å². The van der Waals surface area contributed by atoms with Crippen molar-refractivity contribution in [1.82, 2.24) is 0 Å². The van der Waals surface area contributed by atoms with E-state index in [0.29, 0.717) is 10.7 Å². The first kappa shape index (κ1) is 14.9. The minimum atomic E-state index is -3.65. The Balaban J connectivity index is 2.33. The van der Waals surface area contributed by atoms with Gasteiger partial charge in [0, 0.05) is 8.59 Å². The molecule has 0 atom stereocenters. The summed E-state index contributed by atoms with van der Waals surface area (Å²) < 4.78 is 27.7. The molecule has 0 heterocycles. The van der Waals surface area contributed by atoms with Crippen molar-refractivity contribution in [3.63, 3.8) is 0 Å². The number of hydrogen-bond donors (Lipinski definition) is 1. The molecule has 2 aromatic rings. The van der Waals surface area contributed by atoms with Gasteiger partial charge in [-0.2, -0.15) is 0 Å². The highest BCUT2D eigenvalue weighted by Crippen LogP contribution is 2.27. The Labute approximate surface area is 135 Å². The lowest BCUT2D eigenvalue weighted by Gasteiger charge is -2.09. The average molecular weight is 428 g/mol. The molecule has 0 saturated carbocycles. The summed E-state index contributed by atoms with van der Waals surface area (Å²) in [4.78, 5) is 0.180. The van der Waals surface area contributed by atoms with Crippen molar-refractivity contribution in [3.8, 4) is 0 Å². The molecule has 0 radical (unpaired) electrons. The van der Waals surface area contributed by atoms with Crippen LogP contribution in [0.5, 0.6) is 0 Å². The molecule has 3 nitrogen and oxygen atoms in total. The fourth-order valence-electron chi connectivity index (χ4n) is 1.39. The summed E-state index contributed by atoms with van der Waals surface area (Å²) in [7, 11) is -3.65. The summed E-state index contributed by atoms with van der Waals surface area (Å²) >= 11 is 13.8. The van der Waals surface area contributed by atoms with Crippen molar-refractivity contribution < 1.29 is 8.42 Å². The summed E-state index contributed by atoms with van der Waals surface area (Å²) in [6.07, 6.45) is 0. The van der Waals surface area contributed by atoms with Crippen LogP contribution < -0.4 is 4.72 Å². The van der Waals surface area contributed by atoms with E-state index in [9.17, 15) is 8.42 Å². The highest BCUT2D eigenvalue weighted by molar-refractivity contribution is 14.1. The molecule has 0 spiro atoms. The van der Waals surface area contributed by atoms with Gasteiger partial charge in [0.1, 0.15) is 0 Å². The second kappa shape index (κ2) is 5.87. The van der Waals surface area contributed by atoms with Gasteiger partial charge < -0.3 is 0 Å². The van der Waals surface area contributed by atoms with Crippen LogP contribution in [0.1, 0.15) is 0 Å². The van der Waals surface area contributed by atoms with E-state index in [2.05, 4.69) is 27.3 Å². The second-order valence-corrected chi connectivity index (χ2v) is 7.46. The maximum Gasteiger partial charge on any atom is 0.261 e. The number of sulfonamides is 1. The van der Waals surface area contributed by atoms with Crippen LogP contribution in [-0.2, 0) is 10.0 Å². The summed E-state index contributed by atoms with van der Waals surface area (Å²) in [6.45, 7) is 0. The van der Waals surface area contributed by atoms with Gasteiger partial charge in [-0.3, -0.25) is 4.72 Å². The molecule has 1 N–H and O–H groups in total. The summed E-state index contributed by atoms with van der Waals surface area (Å²) in [5, 5.41) is 0.698. The van der Waals surface area contributed by atoms with Crippen LogP contribution in [0.15, 0.2) is 47.4 Å². The normalized spacial score (nSPS) is 11.3. The molecule has 0 aliphatic carbocycles. The van der Waals surface area contributed by atoms with Gasteiger partial charge in [0.15, 0.2) is 0 Å². The van der Waals surface area contributed by atoms with Crippen LogP contribution in [-0.4, -0.2) is 8.42 Å². The highest BCUT2D eigenvalue weighted by Gasteiger charge is 2.15. The minimum absolute atomic E-state index is 0.180. The number of halogens is 3. The molecule has 100 valence electrons. The van der Waals surface area contributed by atoms with Crippen molar-refractivity contribution in [3.05, 3.63) is 56.1 Å². The van der Waals surface area contributed by atoms with Crippen molar-refractivity contribution in [2.45, 2.75) is 4.90 Å². The van der Waals surface area contributed by atoms with Crippen LogP contribution >= 0.6 is 45.8 Å². The molecule has 0 unspecified atom stereocenters. The molecule has 19 heavy (non-hydrogen) atoms. The Bertz CT molecular complexity index is 702. The molecule has 0 aliphatic rings. The van der Waals surface area contributed by atoms with E-state index >= 15 is 0 Å². The number of anilines is 1. The predicted octanol–water partition coefficient (Wildman–Crippen LogP) is 4.40. The van der Waals surface area contributed by atoms with Gasteiger partial charge in [-0.15, -0.1) is 0 Å². The zero-order valence-corrected chi connectivity index (χ0v) is 13.9. The molecule has 0 fully saturated rings. The van der Waals surface area contributed by atoms with E-state index in [0.717, 1.165) is 3.57 Å². The van der Waals surface area contributed by atoms with E-state index < -0.39 is 10.0 Å². The third-order valence-corrected chi connectivity index (χ3v) is 4.95. The first-order chi connectivity index (χ1) is 8.88. The van der Waals surface area contributed by atoms with E-state index in [4.69, 9.17) is 23.2 Å².